The summed E-state index contributed by atoms with van der Waals surface area (Å²) in [5, 5.41) is 2.80. The maximum atomic E-state index is 12.4. The van der Waals surface area contributed by atoms with E-state index in [-0.39, 0.29) is 6.10 Å². The summed E-state index contributed by atoms with van der Waals surface area (Å²) in [7, 11) is 3.74. The number of piperazine rings is 1. The fourth-order valence-electron chi connectivity index (χ4n) is 2.94. The maximum Gasteiger partial charge on any atom is 0.412 e. The molecule has 0 unspecified atom stereocenters. The van der Waals surface area contributed by atoms with Crippen LogP contribution < -0.4 is 10.1 Å². The molecular weight excluding hydrogens is 346 g/mol. The van der Waals surface area contributed by atoms with Gasteiger partial charge in [0, 0.05) is 39.8 Å². The van der Waals surface area contributed by atoms with Crippen LogP contribution in [0.1, 0.15) is 19.8 Å². The minimum Gasteiger partial charge on any atom is -0.491 e. The first-order valence-corrected chi connectivity index (χ1v) is 9.71. The molecule has 0 aromatic heterocycles. The van der Waals surface area contributed by atoms with Gasteiger partial charge >= 0.3 is 6.09 Å². The predicted molar refractivity (Wildman–Crippen MR) is 107 cm³/mol. The molecule has 1 aromatic rings. The molecule has 7 heteroatoms. The third-order valence-corrected chi connectivity index (χ3v) is 4.56. The highest BCUT2D eigenvalue weighted by Crippen LogP contribution is 2.24. The number of likely N-dealkylation sites (N-methyl/N-ethyl adjacent to an activating group) is 1. The fourth-order valence-corrected chi connectivity index (χ4v) is 2.94. The lowest BCUT2D eigenvalue weighted by Crippen LogP contribution is -2.48. The van der Waals surface area contributed by atoms with Gasteiger partial charge in [-0.15, -0.1) is 0 Å². The summed E-state index contributed by atoms with van der Waals surface area (Å²) < 4.78 is 16.6. The third kappa shape index (κ3) is 7.74. The first kappa shape index (κ1) is 21.5. The van der Waals surface area contributed by atoms with Crippen molar-refractivity contribution < 1.29 is 19.0 Å². The van der Waals surface area contributed by atoms with E-state index in [1.807, 2.05) is 24.3 Å². The van der Waals surface area contributed by atoms with Crippen LogP contribution in [0.3, 0.4) is 0 Å². The first-order valence-electron chi connectivity index (χ1n) is 9.71. The molecule has 27 heavy (non-hydrogen) atoms. The van der Waals surface area contributed by atoms with Gasteiger partial charge < -0.3 is 19.1 Å². The Morgan fingerprint density at radius 3 is 2.67 bits per heavy atom. The Kier molecular flexibility index (Phi) is 9.38. The molecule has 1 aliphatic heterocycles. The number of benzene rings is 1. The molecule has 1 saturated heterocycles. The number of amides is 1. The van der Waals surface area contributed by atoms with Crippen LogP contribution in [0.4, 0.5) is 10.5 Å². The zero-order valence-electron chi connectivity index (χ0n) is 16.8. The monoisotopic (exact) mass is 379 g/mol. The number of nitrogens with zero attached hydrogens (tertiary/aromatic N) is 2. The number of ether oxygens (including phenoxy) is 3. The molecule has 1 aromatic carbocycles. The Morgan fingerprint density at radius 2 is 1.96 bits per heavy atom. The van der Waals surface area contributed by atoms with E-state index in [1.165, 1.54) is 0 Å². The molecule has 1 fully saturated rings. The van der Waals surface area contributed by atoms with Crippen molar-refractivity contribution in [1.82, 2.24) is 9.80 Å². The lowest BCUT2D eigenvalue weighted by molar-refractivity contribution is 0.0157. The second-order valence-electron chi connectivity index (χ2n) is 6.91. The van der Waals surface area contributed by atoms with Crippen LogP contribution in [0.15, 0.2) is 24.3 Å². The smallest absolute Gasteiger partial charge is 0.412 e. The highest BCUT2D eigenvalue weighted by Gasteiger charge is 2.22. The molecule has 1 N–H and O–H groups in total. The first-order chi connectivity index (χ1) is 13.1. The Hall–Kier alpha value is -1.83. The number of anilines is 1. The molecule has 1 amide bonds. The van der Waals surface area contributed by atoms with E-state index in [0.717, 1.165) is 39.0 Å². The number of hydrogen-bond donors (Lipinski definition) is 1. The Balaban J connectivity index is 1.88. The number of nitrogens with one attached hydrogen (secondary N) is 1. The van der Waals surface area contributed by atoms with Gasteiger partial charge in [-0.1, -0.05) is 25.5 Å². The van der Waals surface area contributed by atoms with Gasteiger partial charge in [0.25, 0.3) is 0 Å². The minimum atomic E-state index is -0.488. The number of unbranched alkanes of at least 4 members (excludes halogenated alkanes) is 1. The zero-order valence-corrected chi connectivity index (χ0v) is 16.8. The fraction of sp³-hybridized carbons (Fsp3) is 0.650. The molecule has 152 valence electrons. The van der Waals surface area contributed by atoms with Crippen LogP contribution in [0.5, 0.6) is 5.75 Å². The zero-order chi connectivity index (χ0) is 19.5. The Bertz CT molecular complexity index is 562. The summed E-state index contributed by atoms with van der Waals surface area (Å²) >= 11 is 0. The van der Waals surface area contributed by atoms with Gasteiger partial charge in [0.1, 0.15) is 11.9 Å². The summed E-state index contributed by atoms with van der Waals surface area (Å²) in [6, 6.07) is 7.41. The van der Waals surface area contributed by atoms with Crippen molar-refractivity contribution in [3.8, 4) is 5.75 Å². The van der Waals surface area contributed by atoms with E-state index in [4.69, 9.17) is 14.2 Å². The molecule has 0 saturated carbocycles. The van der Waals surface area contributed by atoms with Crippen molar-refractivity contribution in [2.45, 2.75) is 25.9 Å². The van der Waals surface area contributed by atoms with Gasteiger partial charge in [-0.2, -0.15) is 0 Å². The van der Waals surface area contributed by atoms with Crippen molar-refractivity contribution in [1.29, 1.82) is 0 Å². The number of hydrogen-bond acceptors (Lipinski definition) is 6. The van der Waals surface area contributed by atoms with Gasteiger partial charge in [-0.25, -0.2) is 4.79 Å². The van der Waals surface area contributed by atoms with Crippen LogP contribution in [0.2, 0.25) is 0 Å². The topological polar surface area (TPSA) is 63.3 Å². The van der Waals surface area contributed by atoms with E-state index in [1.54, 1.807) is 7.11 Å². The lowest BCUT2D eigenvalue weighted by Gasteiger charge is -2.34. The van der Waals surface area contributed by atoms with Gasteiger partial charge in [0.15, 0.2) is 0 Å². The quantitative estimate of drug-likeness (QED) is 0.631. The van der Waals surface area contributed by atoms with Crippen molar-refractivity contribution in [3.05, 3.63) is 24.3 Å². The average molecular weight is 380 g/mol. The molecule has 7 nitrogen and oxygen atoms in total. The van der Waals surface area contributed by atoms with Gasteiger partial charge in [-0.05, 0) is 25.6 Å². The number of methoxy groups -OCH3 is 1. The number of carbonyl (C=O) groups is 1. The number of rotatable bonds is 10. The van der Waals surface area contributed by atoms with Crippen molar-refractivity contribution >= 4 is 11.8 Å². The van der Waals surface area contributed by atoms with Crippen LogP contribution in [0, 0.1) is 0 Å². The highest BCUT2D eigenvalue weighted by atomic mass is 16.6. The summed E-state index contributed by atoms with van der Waals surface area (Å²) in [6.45, 7) is 7.76. The number of carbonyl (C=O) groups excluding carboxylic acids is 1. The molecule has 1 aliphatic rings. The van der Waals surface area contributed by atoms with Gasteiger partial charge in [0.2, 0.25) is 0 Å². The SMILES string of the molecule is CCCCOc1ccccc1NC(=O)O[C@H](COC)CN1CCN(C)CC1. The molecular formula is C20H33N3O4. The summed E-state index contributed by atoms with van der Waals surface area (Å²) in [5.74, 6) is 0.658. The highest BCUT2D eigenvalue weighted by molar-refractivity contribution is 5.86. The molecule has 1 atom stereocenters. The van der Waals surface area contributed by atoms with Crippen LogP contribution in [-0.2, 0) is 9.47 Å². The Morgan fingerprint density at radius 1 is 1.22 bits per heavy atom. The molecule has 0 bridgehead atoms. The van der Waals surface area contributed by atoms with Crippen LogP contribution in [0.25, 0.3) is 0 Å². The second-order valence-corrected chi connectivity index (χ2v) is 6.91. The third-order valence-electron chi connectivity index (χ3n) is 4.56. The predicted octanol–water partition coefficient (Wildman–Crippen LogP) is 2.68. The van der Waals surface area contributed by atoms with Crippen LogP contribution in [-0.4, -0.2) is 82.1 Å². The van der Waals surface area contributed by atoms with Crippen molar-refractivity contribution in [3.63, 3.8) is 0 Å². The summed E-state index contributed by atoms with van der Waals surface area (Å²) in [5.41, 5.74) is 0.620. The maximum absolute atomic E-state index is 12.4. The largest absolute Gasteiger partial charge is 0.491 e. The van der Waals surface area contributed by atoms with Crippen LogP contribution >= 0.6 is 0 Å². The minimum absolute atomic E-state index is 0.313. The second kappa shape index (κ2) is 11.8. The van der Waals surface area contributed by atoms with Crippen molar-refractivity contribution in [2.24, 2.45) is 0 Å². The summed E-state index contributed by atoms with van der Waals surface area (Å²) in [6.07, 6.45) is 1.23. The van der Waals surface area contributed by atoms with Crippen molar-refractivity contribution in [2.75, 3.05) is 65.4 Å². The van der Waals surface area contributed by atoms with E-state index in [2.05, 4.69) is 29.1 Å². The van der Waals surface area contributed by atoms with Gasteiger partial charge in [0.05, 0.1) is 18.9 Å². The molecule has 0 radical (unpaired) electrons. The Labute approximate surface area is 162 Å². The van der Waals surface area contributed by atoms with E-state index in [9.17, 15) is 4.79 Å². The number of para-hydroxylation sites is 2. The van der Waals surface area contributed by atoms with Gasteiger partial charge in [-0.3, -0.25) is 10.2 Å². The molecule has 0 spiro atoms. The normalized spacial score (nSPS) is 16.7. The van der Waals surface area contributed by atoms with E-state index in [0.29, 0.717) is 31.2 Å². The van der Waals surface area contributed by atoms with E-state index >= 15 is 0 Å². The molecule has 0 aliphatic carbocycles. The van der Waals surface area contributed by atoms with E-state index < -0.39 is 6.09 Å². The standard InChI is InChI=1S/C20H33N3O4/c1-4-5-14-26-19-9-7-6-8-18(19)21-20(24)27-17(16-25-3)15-23-12-10-22(2)11-13-23/h6-9,17H,4-5,10-16H2,1-3H3,(H,21,24)/t17-/m0/s1. The summed E-state index contributed by atoms with van der Waals surface area (Å²) in [4.78, 5) is 17.0. The lowest BCUT2D eigenvalue weighted by atomic mass is 10.2. The molecule has 2 rings (SSSR count). The molecule has 1 heterocycles. The average Bonchev–Trinajstić information content (AvgIpc) is 2.65.